The number of fused-ring (bicyclic) bond motifs is 1. The van der Waals surface area contributed by atoms with Crippen LogP contribution in [0.3, 0.4) is 0 Å². The highest BCUT2D eigenvalue weighted by Crippen LogP contribution is 2.24. The fraction of sp³-hybridized carbons (Fsp3) is 0.154. The van der Waals surface area contributed by atoms with E-state index in [2.05, 4.69) is 25.3 Å². The molecule has 7 heteroatoms. The standard InChI is InChI=1S/C13H13N5O2/c1-20-9-2-3-10(19)8(4-9)5-14-12-11-13(16-6-15-11)18-7-17-12/h2-4,6-7,19H,5H2,1H3,(H2,14,15,16,17,18). The van der Waals surface area contributed by atoms with Crippen LogP contribution in [0.1, 0.15) is 5.56 Å². The lowest BCUT2D eigenvalue weighted by molar-refractivity contribution is 0.411. The summed E-state index contributed by atoms with van der Waals surface area (Å²) in [7, 11) is 1.58. The van der Waals surface area contributed by atoms with Crippen molar-refractivity contribution in [2.75, 3.05) is 12.4 Å². The fourth-order valence-electron chi connectivity index (χ4n) is 1.90. The Balaban J connectivity index is 1.84. The molecule has 20 heavy (non-hydrogen) atoms. The molecule has 0 fully saturated rings. The van der Waals surface area contributed by atoms with Gasteiger partial charge in [0.05, 0.1) is 13.4 Å². The summed E-state index contributed by atoms with van der Waals surface area (Å²) in [6.07, 6.45) is 3.02. The van der Waals surface area contributed by atoms with Crippen molar-refractivity contribution in [3.8, 4) is 11.5 Å². The van der Waals surface area contributed by atoms with Gasteiger partial charge in [0.25, 0.3) is 0 Å². The van der Waals surface area contributed by atoms with Gasteiger partial charge in [-0.1, -0.05) is 0 Å². The third kappa shape index (κ3) is 2.20. The Morgan fingerprint density at radius 2 is 2.20 bits per heavy atom. The number of benzene rings is 1. The predicted molar refractivity (Wildman–Crippen MR) is 73.7 cm³/mol. The number of methoxy groups -OCH3 is 1. The molecule has 0 aliphatic heterocycles. The van der Waals surface area contributed by atoms with Crippen molar-refractivity contribution in [3.05, 3.63) is 36.4 Å². The molecule has 0 saturated heterocycles. The Bertz CT molecular complexity index is 740. The third-order valence-electron chi connectivity index (χ3n) is 2.95. The minimum Gasteiger partial charge on any atom is -0.508 e. The minimum atomic E-state index is 0.200. The molecule has 2 aromatic heterocycles. The third-order valence-corrected chi connectivity index (χ3v) is 2.95. The van der Waals surface area contributed by atoms with E-state index in [-0.39, 0.29) is 5.75 Å². The van der Waals surface area contributed by atoms with Crippen molar-refractivity contribution < 1.29 is 9.84 Å². The minimum absolute atomic E-state index is 0.200. The molecule has 7 nitrogen and oxygen atoms in total. The molecule has 0 saturated carbocycles. The normalized spacial score (nSPS) is 10.7. The second kappa shape index (κ2) is 5.04. The van der Waals surface area contributed by atoms with Gasteiger partial charge in [-0.25, -0.2) is 15.0 Å². The lowest BCUT2D eigenvalue weighted by atomic mass is 10.2. The summed E-state index contributed by atoms with van der Waals surface area (Å²) in [4.78, 5) is 15.3. The highest BCUT2D eigenvalue weighted by atomic mass is 16.5. The number of hydrogen-bond acceptors (Lipinski definition) is 6. The molecule has 0 atom stereocenters. The van der Waals surface area contributed by atoms with Gasteiger partial charge in [-0.15, -0.1) is 0 Å². The maximum absolute atomic E-state index is 9.83. The monoisotopic (exact) mass is 271 g/mol. The van der Waals surface area contributed by atoms with Gasteiger partial charge in [-0.2, -0.15) is 0 Å². The highest BCUT2D eigenvalue weighted by molar-refractivity contribution is 5.81. The first-order valence-electron chi connectivity index (χ1n) is 6.02. The first-order chi connectivity index (χ1) is 9.78. The smallest absolute Gasteiger partial charge is 0.162 e. The van der Waals surface area contributed by atoms with Crippen molar-refractivity contribution in [1.29, 1.82) is 0 Å². The molecule has 3 rings (SSSR count). The van der Waals surface area contributed by atoms with Crippen LogP contribution in [0.25, 0.3) is 11.2 Å². The molecule has 2 heterocycles. The topological polar surface area (TPSA) is 96.0 Å². The highest BCUT2D eigenvalue weighted by Gasteiger charge is 2.08. The van der Waals surface area contributed by atoms with Crippen LogP contribution in [0.15, 0.2) is 30.9 Å². The zero-order valence-corrected chi connectivity index (χ0v) is 10.8. The van der Waals surface area contributed by atoms with Gasteiger partial charge in [0, 0.05) is 12.1 Å². The number of nitrogens with one attached hydrogen (secondary N) is 2. The molecule has 3 N–H and O–H groups in total. The molecule has 3 aromatic rings. The zero-order valence-electron chi connectivity index (χ0n) is 10.8. The number of aromatic nitrogens is 4. The van der Waals surface area contributed by atoms with Gasteiger partial charge in [-0.05, 0) is 18.2 Å². The molecule has 0 radical (unpaired) electrons. The van der Waals surface area contributed by atoms with E-state index in [1.54, 1.807) is 31.6 Å². The number of aromatic amines is 1. The van der Waals surface area contributed by atoms with Crippen molar-refractivity contribution in [1.82, 2.24) is 19.9 Å². The maximum Gasteiger partial charge on any atom is 0.162 e. The molecular formula is C13H13N5O2. The number of rotatable bonds is 4. The summed E-state index contributed by atoms with van der Waals surface area (Å²) in [5.41, 5.74) is 2.04. The molecule has 1 aromatic carbocycles. The van der Waals surface area contributed by atoms with Crippen LogP contribution in [0.4, 0.5) is 5.82 Å². The summed E-state index contributed by atoms with van der Waals surface area (Å²) in [6, 6.07) is 5.07. The van der Waals surface area contributed by atoms with Gasteiger partial charge in [0.1, 0.15) is 23.3 Å². The zero-order chi connectivity index (χ0) is 13.9. The summed E-state index contributed by atoms with van der Waals surface area (Å²) in [6.45, 7) is 0.405. The second-order valence-corrected chi connectivity index (χ2v) is 4.17. The second-order valence-electron chi connectivity index (χ2n) is 4.17. The van der Waals surface area contributed by atoms with Gasteiger partial charge < -0.3 is 20.1 Å². The van der Waals surface area contributed by atoms with Crippen LogP contribution < -0.4 is 10.1 Å². The average Bonchev–Trinajstić information content (AvgIpc) is 2.95. The molecule has 0 aliphatic carbocycles. The van der Waals surface area contributed by atoms with Crippen LogP contribution in [0.5, 0.6) is 11.5 Å². The SMILES string of the molecule is COc1ccc(O)c(CNc2ncnc3[nH]cnc23)c1. The lowest BCUT2D eigenvalue weighted by Crippen LogP contribution is -2.03. The number of imidazole rings is 1. The lowest BCUT2D eigenvalue weighted by Gasteiger charge is -2.09. The Labute approximate surface area is 114 Å². The molecule has 0 unspecified atom stereocenters. The van der Waals surface area contributed by atoms with E-state index in [1.165, 1.54) is 6.33 Å². The van der Waals surface area contributed by atoms with E-state index in [0.717, 1.165) is 0 Å². The molecule has 102 valence electrons. The number of phenolic OH excluding ortho intramolecular Hbond substituents is 1. The number of phenols is 1. The average molecular weight is 271 g/mol. The summed E-state index contributed by atoms with van der Waals surface area (Å²) in [5.74, 6) is 1.50. The van der Waals surface area contributed by atoms with Crippen LogP contribution in [-0.2, 0) is 6.54 Å². The number of H-pyrrole nitrogens is 1. The van der Waals surface area contributed by atoms with E-state index >= 15 is 0 Å². The first-order valence-corrected chi connectivity index (χ1v) is 6.02. The number of hydrogen-bond donors (Lipinski definition) is 3. The summed E-state index contributed by atoms with van der Waals surface area (Å²) >= 11 is 0. The predicted octanol–water partition coefficient (Wildman–Crippen LogP) is 1.68. The quantitative estimate of drug-likeness (QED) is 0.668. The van der Waals surface area contributed by atoms with E-state index in [0.29, 0.717) is 34.8 Å². The van der Waals surface area contributed by atoms with Crippen LogP contribution in [0.2, 0.25) is 0 Å². The largest absolute Gasteiger partial charge is 0.508 e. The molecule has 0 aliphatic rings. The maximum atomic E-state index is 9.83. The van der Waals surface area contributed by atoms with E-state index in [9.17, 15) is 5.11 Å². The van der Waals surface area contributed by atoms with Gasteiger partial charge in [0.15, 0.2) is 11.5 Å². The van der Waals surface area contributed by atoms with E-state index < -0.39 is 0 Å². The van der Waals surface area contributed by atoms with Gasteiger partial charge >= 0.3 is 0 Å². The Hall–Kier alpha value is -2.83. The Morgan fingerprint density at radius 1 is 1.30 bits per heavy atom. The van der Waals surface area contributed by atoms with Crippen LogP contribution in [0, 0.1) is 0 Å². The van der Waals surface area contributed by atoms with Crippen molar-refractivity contribution in [2.45, 2.75) is 6.54 Å². The van der Waals surface area contributed by atoms with E-state index in [1.807, 2.05) is 0 Å². The Kier molecular flexibility index (Phi) is 3.08. The molecule has 0 bridgehead atoms. The molecule has 0 spiro atoms. The van der Waals surface area contributed by atoms with E-state index in [4.69, 9.17) is 4.74 Å². The van der Waals surface area contributed by atoms with Crippen LogP contribution in [-0.4, -0.2) is 32.2 Å². The van der Waals surface area contributed by atoms with Crippen molar-refractivity contribution >= 4 is 17.0 Å². The molecule has 0 amide bonds. The van der Waals surface area contributed by atoms with Crippen LogP contribution >= 0.6 is 0 Å². The van der Waals surface area contributed by atoms with Gasteiger partial charge in [-0.3, -0.25) is 0 Å². The number of aromatic hydroxyl groups is 1. The van der Waals surface area contributed by atoms with Crippen molar-refractivity contribution in [2.24, 2.45) is 0 Å². The number of ether oxygens (including phenoxy) is 1. The fourth-order valence-corrected chi connectivity index (χ4v) is 1.90. The van der Waals surface area contributed by atoms with Gasteiger partial charge in [0.2, 0.25) is 0 Å². The van der Waals surface area contributed by atoms with Crippen molar-refractivity contribution in [3.63, 3.8) is 0 Å². The number of anilines is 1. The summed E-state index contributed by atoms with van der Waals surface area (Å²) < 4.78 is 5.14. The molecular weight excluding hydrogens is 258 g/mol. The first kappa shape index (κ1) is 12.2. The Morgan fingerprint density at radius 3 is 3.05 bits per heavy atom. The number of nitrogens with zero attached hydrogens (tertiary/aromatic N) is 3. The summed E-state index contributed by atoms with van der Waals surface area (Å²) in [5, 5.41) is 13.0.